The second-order valence-corrected chi connectivity index (χ2v) is 12.4. The van der Waals surface area contributed by atoms with Crippen LogP contribution in [0.2, 0.25) is 5.02 Å². The normalized spacial score (nSPS) is 23.5. The Morgan fingerprint density at radius 1 is 1.19 bits per heavy atom. The van der Waals surface area contributed by atoms with Crippen LogP contribution in [0.5, 0.6) is 6.01 Å². The van der Waals surface area contributed by atoms with E-state index in [-0.39, 0.29) is 18.4 Å². The molecule has 2 atom stereocenters. The van der Waals surface area contributed by atoms with Gasteiger partial charge in [0.05, 0.1) is 44.0 Å². The molecule has 43 heavy (non-hydrogen) atoms. The van der Waals surface area contributed by atoms with E-state index in [1.807, 2.05) is 12.1 Å². The van der Waals surface area contributed by atoms with Crippen molar-refractivity contribution in [2.24, 2.45) is 0 Å². The summed E-state index contributed by atoms with van der Waals surface area (Å²) in [7, 11) is 0. The lowest BCUT2D eigenvalue weighted by molar-refractivity contribution is -0.131. The van der Waals surface area contributed by atoms with E-state index in [0.717, 1.165) is 93.5 Å². The van der Waals surface area contributed by atoms with Gasteiger partial charge in [-0.15, -0.1) is 0 Å². The third kappa shape index (κ3) is 6.08. The van der Waals surface area contributed by atoms with E-state index < -0.39 is 17.8 Å². The third-order valence-electron chi connectivity index (χ3n) is 9.51. The minimum atomic E-state index is -1.01. The van der Waals surface area contributed by atoms with Crippen LogP contribution in [0.25, 0.3) is 0 Å². The van der Waals surface area contributed by atoms with Gasteiger partial charge in [0, 0.05) is 55.3 Å². The van der Waals surface area contributed by atoms with Gasteiger partial charge in [-0.1, -0.05) is 30.3 Å². The molecule has 0 bridgehead atoms. The number of amides is 1. The summed E-state index contributed by atoms with van der Waals surface area (Å²) < 4.78 is 25.4. The van der Waals surface area contributed by atoms with Crippen molar-refractivity contribution >= 4 is 23.3 Å². The number of hydrogen-bond acceptors (Lipinski definition) is 8. The Morgan fingerprint density at radius 2 is 1.98 bits per heavy atom. The largest absolute Gasteiger partial charge is 0.463 e. The zero-order chi connectivity index (χ0) is 30.0. The minimum Gasteiger partial charge on any atom is -0.463 e. The average molecular weight is 609 g/mol. The van der Waals surface area contributed by atoms with Crippen LogP contribution in [0.1, 0.15) is 48.1 Å². The first-order valence-corrected chi connectivity index (χ1v) is 15.6. The second kappa shape index (κ2) is 12.8. The van der Waals surface area contributed by atoms with Crippen molar-refractivity contribution in [3.8, 4) is 12.1 Å². The predicted octanol–water partition coefficient (Wildman–Crippen LogP) is 4.02. The van der Waals surface area contributed by atoms with Gasteiger partial charge in [-0.25, -0.2) is 4.39 Å². The van der Waals surface area contributed by atoms with Crippen LogP contribution >= 0.6 is 11.6 Å². The molecule has 4 aliphatic rings. The fraction of sp³-hybridized carbons (Fsp3) is 0.562. The Bertz CT molecular complexity index is 1430. The van der Waals surface area contributed by atoms with Crippen molar-refractivity contribution in [1.82, 2.24) is 19.8 Å². The number of morpholine rings is 1. The van der Waals surface area contributed by atoms with Crippen molar-refractivity contribution in [3.63, 3.8) is 0 Å². The molecule has 0 radical (unpaired) electrons. The summed E-state index contributed by atoms with van der Waals surface area (Å²) in [5.74, 6) is -0.971. The number of nitriles is 1. The highest BCUT2D eigenvalue weighted by molar-refractivity contribution is 6.31. The standard InChI is InChI=1S/C32H38ClFN6O3/c1-22(34)30(41)40-14-13-39(21-23(40)8-11-35)29-25-7-10-32(9-6-24-26(32)4-2-5-27(24)33)20-28(25)36-31(37-29)43-17-3-12-38-15-18-42-19-16-38/h2,4-5,23H,1,3,6-10,12-21H2/t23-,32-/m0/s1. The van der Waals surface area contributed by atoms with Crippen LogP contribution in [0, 0.1) is 11.3 Å². The molecule has 0 unspecified atom stereocenters. The molecule has 0 saturated carbocycles. The van der Waals surface area contributed by atoms with Crippen molar-refractivity contribution in [2.45, 2.75) is 56.4 Å². The summed E-state index contributed by atoms with van der Waals surface area (Å²) in [4.78, 5) is 28.3. The maximum atomic E-state index is 13.8. The van der Waals surface area contributed by atoms with Crippen LogP contribution < -0.4 is 9.64 Å². The number of benzene rings is 1. The highest BCUT2D eigenvalue weighted by atomic mass is 35.5. The molecule has 1 aromatic carbocycles. The lowest BCUT2D eigenvalue weighted by Gasteiger charge is -2.42. The Hall–Kier alpha value is -3.26. The lowest BCUT2D eigenvalue weighted by Crippen LogP contribution is -2.55. The van der Waals surface area contributed by atoms with Gasteiger partial charge in [0.25, 0.3) is 5.91 Å². The van der Waals surface area contributed by atoms with E-state index in [2.05, 4.69) is 28.5 Å². The number of rotatable bonds is 8. The van der Waals surface area contributed by atoms with E-state index in [1.165, 1.54) is 16.0 Å². The number of carbonyl (C=O) groups excluding carboxylic acids is 1. The molecule has 6 rings (SSSR count). The summed E-state index contributed by atoms with van der Waals surface area (Å²) in [5.41, 5.74) is 4.62. The number of piperazine rings is 1. The Labute approximate surface area is 257 Å². The monoisotopic (exact) mass is 608 g/mol. The number of nitrogens with zero attached hydrogens (tertiary/aromatic N) is 6. The van der Waals surface area contributed by atoms with E-state index in [0.29, 0.717) is 25.7 Å². The minimum absolute atomic E-state index is 0.0254. The zero-order valence-electron chi connectivity index (χ0n) is 24.5. The molecule has 2 aromatic rings. The topological polar surface area (TPSA) is 94.8 Å². The quantitative estimate of drug-likeness (QED) is 0.328. The van der Waals surface area contributed by atoms with Crippen LogP contribution in [0.3, 0.4) is 0 Å². The molecule has 2 aliphatic heterocycles. The molecule has 2 aliphatic carbocycles. The van der Waals surface area contributed by atoms with Crippen LogP contribution in [0.15, 0.2) is 30.6 Å². The number of carbonyl (C=O) groups is 1. The van der Waals surface area contributed by atoms with Crippen molar-refractivity contribution in [1.29, 1.82) is 5.26 Å². The van der Waals surface area contributed by atoms with E-state index >= 15 is 0 Å². The molecular formula is C32H38ClFN6O3. The first-order chi connectivity index (χ1) is 20.9. The highest BCUT2D eigenvalue weighted by Crippen LogP contribution is 2.50. The predicted molar refractivity (Wildman–Crippen MR) is 161 cm³/mol. The molecule has 9 nitrogen and oxygen atoms in total. The highest BCUT2D eigenvalue weighted by Gasteiger charge is 2.44. The average Bonchev–Trinajstić information content (AvgIpc) is 3.37. The van der Waals surface area contributed by atoms with Crippen molar-refractivity contribution < 1.29 is 18.7 Å². The maximum absolute atomic E-state index is 13.8. The number of aromatic nitrogens is 2. The fourth-order valence-electron chi connectivity index (χ4n) is 7.28. The van der Waals surface area contributed by atoms with E-state index in [9.17, 15) is 14.4 Å². The molecular weight excluding hydrogens is 571 g/mol. The number of fused-ring (bicyclic) bond motifs is 3. The van der Waals surface area contributed by atoms with Crippen LogP contribution in [-0.4, -0.2) is 90.8 Å². The van der Waals surface area contributed by atoms with Gasteiger partial charge < -0.3 is 19.3 Å². The number of hydrogen-bond donors (Lipinski definition) is 0. The van der Waals surface area contributed by atoms with Crippen molar-refractivity contribution in [3.05, 3.63) is 58.0 Å². The van der Waals surface area contributed by atoms with E-state index in [4.69, 9.17) is 31.0 Å². The van der Waals surface area contributed by atoms with Gasteiger partial charge in [0.1, 0.15) is 5.82 Å². The number of ether oxygens (including phenoxy) is 2. The maximum Gasteiger partial charge on any atom is 0.318 e. The lowest BCUT2D eigenvalue weighted by atomic mass is 9.69. The summed E-state index contributed by atoms with van der Waals surface area (Å²) >= 11 is 6.60. The smallest absolute Gasteiger partial charge is 0.318 e. The Morgan fingerprint density at radius 3 is 2.74 bits per heavy atom. The van der Waals surface area contributed by atoms with Gasteiger partial charge in [-0.05, 0) is 55.7 Å². The van der Waals surface area contributed by atoms with Gasteiger partial charge >= 0.3 is 6.01 Å². The Balaban J connectivity index is 1.27. The summed E-state index contributed by atoms with van der Waals surface area (Å²) in [6, 6.07) is 8.27. The molecule has 228 valence electrons. The summed E-state index contributed by atoms with van der Waals surface area (Å²) in [6.45, 7) is 9.11. The summed E-state index contributed by atoms with van der Waals surface area (Å²) in [5, 5.41) is 10.3. The van der Waals surface area contributed by atoms with Crippen molar-refractivity contribution in [2.75, 3.05) is 64.0 Å². The SMILES string of the molecule is C=C(F)C(=O)N1CCN(c2nc(OCCCN3CCOCC3)nc3c2CC[C@@]2(CCc4c(Cl)cccc42)C3)C[C@@H]1CC#N. The molecule has 1 aromatic heterocycles. The molecule has 1 spiro atoms. The Kier molecular flexibility index (Phi) is 8.85. The first-order valence-electron chi connectivity index (χ1n) is 15.3. The van der Waals surface area contributed by atoms with Crippen LogP contribution in [-0.2, 0) is 34.2 Å². The fourth-order valence-corrected chi connectivity index (χ4v) is 7.54. The molecule has 1 amide bonds. The molecule has 2 saturated heterocycles. The third-order valence-corrected chi connectivity index (χ3v) is 9.86. The number of anilines is 1. The number of halogens is 2. The second-order valence-electron chi connectivity index (χ2n) is 12.0. The molecule has 2 fully saturated rings. The van der Waals surface area contributed by atoms with Gasteiger partial charge in [-0.2, -0.15) is 15.2 Å². The van der Waals surface area contributed by atoms with Gasteiger partial charge in [-0.3, -0.25) is 9.69 Å². The summed E-state index contributed by atoms with van der Waals surface area (Å²) in [6.07, 6.45) is 5.47. The van der Waals surface area contributed by atoms with Gasteiger partial charge in [0.15, 0.2) is 5.83 Å². The van der Waals surface area contributed by atoms with Crippen LogP contribution in [0.4, 0.5) is 10.2 Å². The first kappa shape index (κ1) is 29.8. The molecule has 0 N–H and O–H groups in total. The van der Waals surface area contributed by atoms with E-state index in [1.54, 1.807) is 0 Å². The molecule has 3 heterocycles. The van der Waals surface area contributed by atoms with Gasteiger partial charge in [0.2, 0.25) is 0 Å². The molecule has 11 heteroatoms. The zero-order valence-corrected chi connectivity index (χ0v) is 25.3.